The Labute approximate surface area is 118 Å². The van der Waals surface area contributed by atoms with E-state index in [1.165, 1.54) is 28.7 Å². The van der Waals surface area contributed by atoms with Crippen molar-refractivity contribution in [2.24, 2.45) is 0 Å². The van der Waals surface area contributed by atoms with Crippen molar-refractivity contribution < 1.29 is 4.52 Å². The van der Waals surface area contributed by atoms with Crippen molar-refractivity contribution in [2.75, 3.05) is 0 Å². The summed E-state index contributed by atoms with van der Waals surface area (Å²) < 4.78 is 6.12. The van der Waals surface area contributed by atoms with Gasteiger partial charge in [0.15, 0.2) is 4.34 Å². The van der Waals surface area contributed by atoms with E-state index in [9.17, 15) is 0 Å². The van der Waals surface area contributed by atoms with E-state index in [-0.39, 0.29) is 0 Å². The van der Waals surface area contributed by atoms with Gasteiger partial charge in [-0.3, -0.25) is 0 Å². The molecule has 0 aliphatic rings. The molecule has 0 radical (unpaired) electrons. The van der Waals surface area contributed by atoms with E-state index >= 15 is 0 Å². The highest BCUT2D eigenvalue weighted by Gasteiger charge is 2.09. The summed E-state index contributed by atoms with van der Waals surface area (Å²) in [5, 5.41) is 11.7. The summed E-state index contributed by atoms with van der Waals surface area (Å²) in [7, 11) is 0. The Hall–Kier alpha value is -1.73. The monoisotopic (exact) mass is 290 g/mol. The Balaban J connectivity index is 1.70. The molecule has 0 saturated heterocycles. The van der Waals surface area contributed by atoms with Crippen molar-refractivity contribution in [1.82, 2.24) is 20.3 Å². The molecule has 7 heteroatoms. The lowest BCUT2D eigenvalue weighted by molar-refractivity contribution is 0.391. The second kappa shape index (κ2) is 5.50. The van der Waals surface area contributed by atoms with E-state index in [2.05, 4.69) is 20.3 Å². The highest BCUT2D eigenvalue weighted by molar-refractivity contribution is 8.00. The van der Waals surface area contributed by atoms with Gasteiger partial charge in [0.2, 0.25) is 11.7 Å². The number of nitrogens with zero attached hydrogens (tertiary/aromatic N) is 4. The van der Waals surface area contributed by atoms with Crippen molar-refractivity contribution in [3.05, 3.63) is 41.2 Å². The Morgan fingerprint density at radius 2 is 2.11 bits per heavy atom. The number of thioether (sulfide) groups is 1. The zero-order valence-corrected chi connectivity index (χ0v) is 11.7. The largest absolute Gasteiger partial charge is 0.338 e. The van der Waals surface area contributed by atoms with Crippen molar-refractivity contribution >= 4 is 23.1 Å². The molecule has 3 aromatic rings. The molecule has 0 N–H and O–H groups in total. The van der Waals surface area contributed by atoms with Crippen LogP contribution in [-0.2, 0) is 5.75 Å². The lowest BCUT2D eigenvalue weighted by Gasteiger charge is -1.94. The zero-order valence-electron chi connectivity index (χ0n) is 10.1. The van der Waals surface area contributed by atoms with Crippen LogP contribution in [0.3, 0.4) is 0 Å². The predicted molar refractivity (Wildman–Crippen MR) is 73.9 cm³/mol. The predicted octanol–water partition coefficient (Wildman–Crippen LogP) is 3.19. The molecule has 2 aromatic heterocycles. The van der Waals surface area contributed by atoms with Gasteiger partial charge in [0.05, 0.1) is 5.75 Å². The van der Waals surface area contributed by atoms with Crippen LogP contribution in [0.1, 0.15) is 11.5 Å². The molecule has 0 fully saturated rings. The Morgan fingerprint density at radius 1 is 1.26 bits per heavy atom. The molecule has 0 aliphatic carbocycles. The molecule has 0 bridgehead atoms. The number of aromatic nitrogens is 4. The standard InChI is InChI=1S/C12H10N4OS2/c1-8-2-4-9(5-3-8)11-14-10(17-16-11)6-18-12-15-13-7-19-12/h2-5,7H,6H2,1H3. The molecule has 5 nitrogen and oxygen atoms in total. The summed E-state index contributed by atoms with van der Waals surface area (Å²) >= 11 is 3.04. The molecule has 0 unspecified atom stereocenters. The second-order valence-corrected chi connectivity index (χ2v) is 5.93. The van der Waals surface area contributed by atoms with E-state index in [0.717, 1.165) is 9.90 Å². The third-order valence-corrected chi connectivity index (χ3v) is 4.28. The van der Waals surface area contributed by atoms with Gasteiger partial charge in [-0.15, -0.1) is 10.2 Å². The van der Waals surface area contributed by atoms with Gasteiger partial charge in [-0.25, -0.2) is 0 Å². The topological polar surface area (TPSA) is 64.7 Å². The number of hydrogen-bond donors (Lipinski definition) is 0. The van der Waals surface area contributed by atoms with Crippen molar-refractivity contribution in [3.8, 4) is 11.4 Å². The van der Waals surface area contributed by atoms with Crippen LogP contribution in [0.4, 0.5) is 0 Å². The first-order chi connectivity index (χ1) is 9.31. The lowest BCUT2D eigenvalue weighted by atomic mass is 10.1. The zero-order chi connectivity index (χ0) is 13.1. The molecule has 3 rings (SSSR count). The van der Waals surface area contributed by atoms with Gasteiger partial charge in [-0.05, 0) is 6.92 Å². The lowest BCUT2D eigenvalue weighted by Crippen LogP contribution is -1.83. The van der Waals surface area contributed by atoms with Crippen LogP contribution in [-0.4, -0.2) is 20.3 Å². The van der Waals surface area contributed by atoms with E-state index in [4.69, 9.17) is 4.52 Å². The Bertz CT molecular complexity index is 649. The number of aryl methyl sites for hydroxylation is 1. The first-order valence-electron chi connectivity index (χ1n) is 5.60. The Kier molecular flexibility index (Phi) is 3.56. The molecule has 0 atom stereocenters. The number of rotatable bonds is 4. The highest BCUT2D eigenvalue weighted by atomic mass is 32.2. The molecular weight excluding hydrogens is 280 g/mol. The fraction of sp³-hybridized carbons (Fsp3) is 0.167. The molecule has 0 aliphatic heterocycles. The van der Waals surface area contributed by atoms with Gasteiger partial charge in [-0.1, -0.05) is 58.1 Å². The molecule has 19 heavy (non-hydrogen) atoms. The quantitative estimate of drug-likeness (QED) is 0.688. The molecule has 2 heterocycles. The van der Waals surface area contributed by atoms with Gasteiger partial charge in [0.25, 0.3) is 0 Å². The average Bonchev–Trinajstić information content (AvgIpc) is 3.09. The van der Waals surface area contributed by atoms with E-state index in [0.29, 0.717) is 17.5 Å². The first kappa shape index (κ1) is 12.3. The van der Waals surface area contributed by atoms with Crippen LogP contribution in [0.2, 0.25) is 0 Å². The van der Waals surface area contributed by atoms with Crippen LogP contribution < -0.4 is 0 Å². The van der Waals surface area contributed by atoms with E-state index < -0.39 is 0 Å². The van der Waals surface area contributed by atoms with Crippen molar-refractivity contribution in [1.29, 1.82) is 0 Å². The van der Waals surface area contributed by atoms with Crippen LogP contribution in [0.15, 0.2) is 38.6 Å². The van der Waals surface area contributed by atoms with E-state index in [1.54, 1.807) is 5.51 Å². The van der Waals surface area contributed by atoms with Crippen molar-refractivity contribution in [3.63, 3.8) is 0 Å². The first-order valence-corrected chi connectivity index (χ1v) is 7.46. The summed E-state index contributed by atoms with van der Waals surface area (Å²) in [6.45, 7) is 2.05. The molecule has 0 spiro atoms. The fourth-order valence-corrected chi connectivity index (χ4v) is 2.81. The third kappa shape index (κ3) is 2.99. The van der Waals surface area contributed by atoms with E-state index in [1.807, 2.05) is 31.2 Å². The molecule has 1 aromatic carbocycles. The van der Waals surface area contributed by atoms with Gasteiger partial charge >= 0.3 is 0 Å². The smallest absolute Gasteiger partial charge is 0.237 e. The molecular formula is C12H10N4OS2. The number of hydrogen-bond acceptors (Lipinski definition) is 7. The average molecular weight is 290 g/mol. The van der Waals surface area contributed by atoms with Crippen LogP contribution in [0.25, 0.3) is 11.4 Å². The summed E-state index contributed by atoms with van der Waals surface area (Å²) in [6.07, 6.45) is 0. The highest BCUT2D eigenvalue weighted by Crippen LogP contribution is 2.24. The normalized spacial score (nSPS) is 10.8. The minimum Gasteiger partial charge on any atom is -0.338 e. The number of benzene rings is 1. The third-order valence-electron chi connectivity index (χ3n) is 2.44. The fourth-order valence-electron chi connectivity index (χ4n) is 1.48. The van der Waals surface area contributed by atoms with Crippen molar-refractivity contribution in [2.45, 2.75) is 17.0 Å². The van der Waals surface area contributed by atoms with Gasteiger partial charge < -0.3 is 4.52 Å². The molecule has 0 amide bonds. The van der Waals surface area contributed by atoms with Gasteiger partial charge in [0, 0.05) is 5.56 Å². The maximum absolute atomic E-state index is 5.22. The Morgan fingerprint density at radius 3 is 2.84 bits per heavy atom. The maximum Gasteiger partial charge on any atom is 0.237 e. The minimum absolute atomic E-state index is 0.593. The van der Waals surface area contributed by atoms with Gasteiger partial charge in [-0.2, -0.15) is 4.98 Å². The van der Waals surface area contributed by atoms with Crippen LogP contribution in [0.5, 0.6) is 0 Å². The summed E-state index contributed by atoms with van der Waals surface area (Å²) in [4.78, 5) is 4.37. The summed E-state index contributed by atoms with van der Waals surface area (Å²) in [5.41, 5.74) is 3.87. The summed E-state index contributed by atoms with van der Waals surface area (Å²) in [6, 6.07) is 8.03. The van der Waals surface area contributed by atoms with Gasteiger partial charge in [0.1, 0.15) is 5.51 Å². The molecule has 96 valence electrons. The minimum atomic E-state index is 0.593. The van der Waals surface area contributed by atoms with Crippen LogP contribution in [0, 0.1) is 6.92 Å². The molecule has 0 saturated carbocycles. The maximum atomic E-state index is 5.22. The second-order valence-electron chi connectivity index (χ2n) is 3.87. The summed E-state index contributed by atoms with van der Waals surface area (Å²) in [5.74, 6) is 1.82. The SMILES string of the molecule is Cc1ccc(-c2noc(CSc3nncs3)n2)cc1. The van der Waals surface area contributed by atoms with Crippen LogP contribution >= 0.6 is 23.1 Å².